The van der Waals surface area contributed by atoms with E-state index in [0.717, 1.165) is 31.4 Å². The van der Waals surface area contributed by atoms with Crippen molar-refractivity contribution in [3.05, 3.63) is 71.3 Å². The molecule has 0 saturated heterocycles. The molecule has 3 atom stereocenters. The predicted octanol–water partition coefficient (Wildman–Crippen LogP) is 6.27. The van der Waals surface area contributed by atoms with Gasteiger partial charge in [0.2, 0.25) is 0 Å². The number of nitriles is 1. The van der Waals surface area contributed by atoms with E-state index in [2.05, 4.69) is 73.5 Å². The van der Waals surface area contributed by atoms with Crippen LogP contribution in [0.15, 0.2) is 54.6 Å². The molecule has 0 N–H and O–H groups in total. The summed E-state index contributed by atoms with van der Waals surface area (Å²) in [5, 5.41) is 7.32. The second kappa shape index (κ2) is 12.4. The third-order valence-electron chi connectivity index (χ3n) is 6.06. The third-order valence-corrected chi connectivity index (χ3v) is 6.06. The maximum Gasteiger partial charge on any atom is 0.132 e. The topological polar surface area (TPSA) is 27.0 Å². The van der Waals surface area contributed by atoms with Crippen LogP contribution in [0.2, 0.25) is 0 Å². The van der Waals surface area contributed by atoms with Gasteiger partial charge in [-0.25, -0.2) is 8.78 Å². The van der Waals surface area contributed by atoms with Gasteiger partial charge in [-0.1, -0.05) is 54.6 Å². The molecule has 4 heteroatoms. The molecule has 2 aromatic rings. The zero-order valence-electron chi connectivity index (χ0n) is 18.4. The zero-order valence-corrected chi connectivity index (χ0v) is 18.4. The molecule has 0 radical (unpaired) electrons. The summed E-state index contributed by atoms with van der Waals surface area (Å²) in [4.78, 5) is 2.42. The van der Waals surface area contributed by atoms with Gasteiger partial charge < -0.3 is 4.90 Å². The van der Waals surface area contributed by atoms with Crippen LogP contribution in [0, 0.1) is 11.3 Å². The molecule has 1 fully saturated rings. The first-order valence-corrected chi connectivity index (χ1v) is 10.9. The van der Waals surface area contributed by atoms with Crippen LogP contribution in [0.5, 0.6) is 0 Å². The van der Waals surface area contributed by atoms with Crippen LogP contribution in [0.1, 0.15) is 55.7 Å². The molecule has 2 aromatic carbocycles. The Morgan fingerprint density at radius 3 is 2.07 bits per heavy atom. The van der Waals surface area contributed by atoms with Gasteiger partial charge in [0, 0.05) is 19.5 Å². The minimum atomic E-state index is -1.29. The van der Waals surface area contributed by atoms with E-state index in [4.69, 9.17) is 5.26 Å². The molecule has 0 aromatic heterocycles. The van der Waals surface area contributed by atoms with Crippen molar-refractivity contribution in [1.29, 1.82) is 5.26 Å². The maximum absolute atomic E-state index is 13.4. The lowest BCUT2D eigenvalue weighted by molar-refractivity contribution is 0.199. The zero-order chi connectivity index (χ0) is 21.9. The molecule has 0 spiro atoms. The molecule has 162 valence electrons. The van der Waals surface area contributed by atoms with Crippen molar-refractivity contribution in [3.63, 3.8) is 0 Å². The molecular formula is C26H34F2N2. The van der Waals surface area contributed by atoms with Crippen LogP contribution in [0.4, 0.5) is 8.78 Å². The smallest absolute Gasteiger partial charge is 0.132 e. The molecule has 0 aliphatic heterocycles. The number of aryl methyl sites for hydroxylation is 1. The highest BCUT2D eigenvalue weighted by Crippen LogP contribution is 2.38. The summed E-state index contributed by atoms with van der Waals surface area (Å²) in [5.74, 6) is 0.0343. The van der Waals surface area contributed by atoms with Crippen molar-refractivity contribution in [2.45, 2.75) is 70.3 Å². The minimum Gasteiger partial charge on any atom is -0.303 e. The van der Waals surface area contributed by atoms with Crippen molar-refractivity contribution in [2.75, 3.05) is 13.6 Å². The predicted molar refractivity (Wildman–Crippen MR) is 120 cm³/mol. The standard InChI is InChI=1S/C24H31F2N.C2H3N/c1-18(27(2)15-14-19-6-4-3-5-7-19)8-9-20-10-12-21(13-11-20)22-16-23(25)24(26)17-22;1-2-3/h3-7,10-13,18,22-24H,8-9,14-17H2,1-2H3;1H3. The SMILES string of the molecule is CC#N.CC(CCc1ccc(C2CC(F)C(F)C2)cc1)N(C)CCc1ccccc1. The highest BCUT2D eigenvalue weighted by Gasteiger charge is 2.35. The highest BCUT2D eigenvalue weighted by atomic mass is 19.2. The summed E-state index contributed by atoms with van der Waals surface area (Å²) < 4.78 is 26.8. The lowest BCUT2D eigenvalue weighted by Crippen LogP contribution is -2.31. The third kappa shape index (κ3) is 7.54. The van der Waals surface area contributed by atoms with Gasteiger partial charge in [-0.2, -0.15) is 5.26 Å². The Balaban J connectivity index is 0.00000101. The summed E-state index contributed by atoms with van der Waals surface area (Å²) in [6.07, 6.45) is 1.27. The average molecular weight is 413 g/mol. The van der Waals surface area contributed by atoms with Gasteiger partial charge in [-0.15, -0.1) is 0 Å². The normalized spacial score (nSPS) is 21.6. The second-order valence-corrected chi connectivity index (χ2v) is 8.27. The Morgan fingerprint density at radius 1 is 0.967 bits per heavy atom. The first-order valence-electron chi connectivity index (χ1n) is 10.9. The van der Waals surface area contributed by atoms with E-state index >= 15 is 0 Å². The van der Waals surface area contributed by atoms with Gasteiger partial charge in [0.1, 0.15) is 12.3 Å². The van der Waals surface area contributed by atoms with E-state index in [1.165, 1.54) is 18.1 Å². The Morgan fingerprint density at radius 2 is 1.50 bits per heavy atom. The summed E-state index contributed by atoms with van der Waals surface area (Å²) in [6.45, 7) is 4.77. The number of alkyl halides is 2. The van der Waals surface area contributed by atoms with Crippen LogP contribution in [-0.4, -0.2) is 36.9 Å². The van der Waals surface area contributed by atoms with Crippen LogP contribution < -0.4 is 0 Å². The van der Waals surface area contributed by atoms with Crippen LogP contribution in [-0.2, 0) is 12.8 Å². The number of rotatable bonds is 8. The Labute approximate surface area is 180 Å². The summed E-state index contributed by atoms with van der Waals surface area (Å²) in [5.41, 5.74) is 3.76. The van der Waals surface area contributed by atoms with Crippen LogP contribution in [0.25, 0.3) is 0 Å². The molecule has 0 amide bonds. The van der Waals surface area contributed by atoms with Crippen molar-refractivity contribution < 1.29 is 8.78 Å². The van der Waals surface area contributed by atoms with Crippen molar-refractivity contribution >= 4 is 0 Å². The quantitative estimate of drug-likeness (QED) is 0.511. The first-order chi connectivity index (χ1) is 14.4. The molecule has 30 heavy (non-hydrogen) atoms. The monoisotopic (exact) mass is 412 g/mol. The van der Waals surface area contributed by atoms with Crippen LogP contribution >= 0.6 is 0 Å². The lowest BCUT2D eigenvalue weighted by atomic mass is 9.95. The van der Waals surface area contributed by atoms with Gasteiger partial charge in [-0.3, -0.25) is 0 Å². The summed E-state index contributed by atoms with van der Waals surface area (Å²) >= 11 is 0. The highest BCUT2D eigenvalue weighted by molar-refractivity contribution is 5.27. The van der Waals surface area contributed by atoms with Gasteiger partial charge in [0.15, 0.2) is 0 Å². The second-order valence-electron chi connectivity index (χ2n) is 8.27. The van der Waals surface area contributed by atoms with E-state index in [1.54, 1.807) is 6.07 Å². The van der Waals surface area contributed by atoms with Crippen molar-refractivity contribution in [1.82, 2.24) is 4.90 Å². The number of halogens is 2. The van der Waals surface area contributed by atoms with E-state index in [-0.39, 0.29) is 5.92 Å². The van der Waals surface area contributed by atoms with Crippen LogP contribution in [0.3, 0.4) is 0 Å². The molecule has 0 bridgehead atoms. The Kier molecular flexibility index (Phi) is 9.97. The number of nitrogens with zero attached hydrogens (tertiary/aromatic N) is 2. The molecular weight excluding hydrogens is 378 g/mol. The number of hydrogen-bond donors (Lipinski definition) is 0. The van der Waals surface area contributed by atoms with Gasteiger partial charge in [0.25, 0.3) is 0 Å². The molecule has 1 aliphatic rings. The van der Waals surface area contributed by atoms with E-state index in [9.17, 15) is 8.78 Å². The molecule has 1 aliphatic carbocycles. The first kappa shape index (κ1) is 24.0. The Bertz CT molecular complexity index is 760. The number of hydrogen-bond acceptors (Lipinski definition) is 2. The lowest BCUT2D eigenvalue weighted by Gasteiger charge is -2.25. The van der Waals surface area contributed by atoms with Gasteiger partial charge in [-0.05, 0) is 68.7 Å². The summed E-state index contributed by atoms with van der Waals surface area (Å²) in [6, 6.07) is 21.3. The number of benzene rings is 2. The Hall–Kier alpha value is -2.25. The maximum atomic E-state index is 13.4. The molecule has 3 rings (SSSR count). The summed E-state index contributed by atoms with van der Waals surface area (Å²) in [7, 11) is 2.19. The van der Waals surface area contributed by atoms with E-state index < -0.39 is 12.3 Å². The minimum absolute atomic E-state index is 0.0343. The molecule has 3 unspecified atom stereocenters. The number of likely N-dealkylation sites (N-methyl/N-ethyl adjacent to an activating group) is 1. The van der Waals surface area contributed by atoms with Gasteiger partial charge >= 0.3 is 0 Å². The van der Waals surface area contributed by atoms with E-state index in [1.807, 2.05) is 0 Å². The van der Waals surface area contributed by atoms with Gasteiger partial charge in [0.05, 0.1) is 6.07 Å². The van der Waals surface area contributed by atoms with Crippen molar-refractivity contribution in [2.24, 2.45) is 0 Å². The molecule has 1 saturated carbocycles. The molecule has 0 heterocycles. The molecule has 2 nitrogen and oxygen atoms in total. The van der Waals surface area contributed by atoms with E-state index in [0.29, 0.717) is 18.9 Å². The fraction of sp³-hybridized carbons (Fsp3) is 0.500. The average Bonchev–Trinajstić information content (AvgIpc) is 3.10. The fourth-order valence-corrected chi connectivity index (χ4v) is 3.93. The largest absolute Gasteiger partial charge is 0.303 e. The van der Waals surface area contributed by atoms with Crippen molar-refractivity contribution in [3.8, 4) is 6.07 Å². The fourth-order valence-electron chi connectivity index (χ4n) is 3.93.